The summed E-state index contributed by atoms with van der Waals surface area (Å²) in [6.07, 6.45) is 0. The van der Waals surface area contributed by atoms with Crippen LogP contribution in [0.25, 0.3) is 10.9 Å². The van der Waals surface area contributed by atoms with Crippen LogP contribution in [0, 0.1) is 0 Å². The van der Waals surface area contributed by atoms with Crippen molar-refractivity contribution in [2.24, 2.45) is 0 Å². The Balaban J connectivity index is 1.97. The number of rotatable bonds is 6. The molecule has 130 valence electrons. The maximum atomic E-state index is 12.3. The predicted octanol–water partition coefficient (Wildman–Crippen LogP) is 4.00. The van der Waals surface area contributed by atoms with E-state index in [1.807, 2.05) is 60.0 Å². The molecular formula is C20H22N2O3. The fourth-order valence-corrected chi connectivity index (χ4v) is 2.94. The first kappa shape index (κ1) is 16.9. The zero-order chi connectivity index (χ0) is 17.8. The highest BCUT2D eigenvalue weighted by atomic mass is 16.5. The summed E-state index contributed by atoms with van der Waals surface area (Å²) in [4.78, 5) is 12.3. The van der Waals surface area contributed by atoms with Crippen molar-refractivity contribution in [3.63, 3.8) is 0 Å². The van der Waals surface area contributed by atoms with Crippen molar-refractivity contribution >= 4 is 22.7 Å². The van der Waals surface area contributed by atoms with E-state index < -0.39 is 5.97 Å². The van der Waals surface area contributed by atoms with E-state index in [4.69, 9.17) is 15.2 Å². The first-order chi connectivity index (χ1) is 12.2. The first-order valence-corrected chi connectivity index (χ1v) is 8.41. The number of nitrogens with zero attached hydrogens (tertiary/aromatic N) is 1. The molecule has 0 saturated heterocycles. The molecule has 0 saturated carbocycles. The second-order valence-corrected chi connectivity index (χ2v) is 5.68. The molecule has 25 heavy (non-hydrogen) atoms. The minimum absolute atomic E-state index is 0.307. The summed E-state index contributed by atoms with van der Waals surface area (Å²) >= 11 is 0. The van der Waals surface area contributed by atoms with Crippen LogP contribution in [0.2, 0.25) is 0 Å². The van der Waals surface area contributed by atoms with Crippen LogP contribution in [-0.2, 0) is 17.9 Å². The predicted molar refractivity (Wildman–Crippen MR) is 98.8 cm³/mol. The molecule has 5 nitrogen and oxygen atoms in total. The quantitative estimate of drug-likeness (QED) is 0.690. The van der Waals surface area contributed by atoms with Crippen molar-refractivity contribution in [3.05, 3.63) is 59.7 Å². The Hall–Kier alpha value is -2.95. The van der Waals surface area contributed by atoms with Crippen LogP contribution in [0.5, 0.6) is 5.75 Å². The number of fused-ring (bicyclic) bond motifs is 1. The van der Waals surface area contributed by atoms with Gasteiger partial charge in [-0.25, -0.2) is 4.79 Å². The van der Waals surface area contributed by atoms with Crippen LogP contribution in [0.15, 0.2) is 48.5 Å². The van der Waals surface area contributed by atoms with Crippen LogP contribution in [-0.4, -0.2) is 17.1 Å². The standard InChI is InChI=1S/C20H22N2O3/c1-3-22-17-11-10-15(25-13-14-8-6-5-7-9-14)12-16(17)18(19(22)21)20(23)24-4-2/h5-12H,3-4,13,21H2,1-2H3. The highest BCUT2D eigenvalue weighted by Crippen LogP contribution is 2.32. The zero-order valence-corrected chi connectivity index (χ0v) is 14.5. The molecule has 0 unspecified atom stereocenters. The number of hydrogen-bond donors (Lipinski definition) is 1. The van der Waals surface area contributed by atoms with Crippen molar-refractivity contribution in [3.8, 4) is 5.75 Å². The van der Waals surface area contributed by atoms with E-state index in [2.05, 4.69) is 0 Å². The highest BCUT2D eigenvalue weighted by Gasteiger charge is 2.21. The fourth-order valence-electron chi connectivity index (χ4n) is 2.94. The second kappa shape index (κ2) is 7.30. The van der Waals surface area contributed by atoms with Gasteiger partial charge in [-0.1, -0.05) is 30.3 Å². The van der Waals surface area contributed by atoms with E-state index in [1.54, 1.807) is 6.92 Å². The molecule has 0 atom stereocenters. The Morgan fingerprint density at radius 2 is 1.88 bits per heavy atom. The number of esters is 1. The molecule has 0 aliphatic rings. The van der Waals surface area contributed by atoms with Crippen LogP contribution >= 0.6 is 0 Å². The number of aryl methyl sites for hydroxylation is 1. The molecule has 1 aromatic heterocycles. The molecule has 0 radical (unpaired) electrons. The average Bonchev–Trinajstić information content (AvgIpc) is 2.91. The monoisotopic (exact) mass is 338 g/mol. The second-order valence-electron chi connectivity index (χ2n) is 5.68. The van der Waals surface area contributed by atoms with Gasteiger partial charge in [0.1, 0.15) is 23.7 Å². The first-order valence-electron chi connectivity index (χ1n) is 8.41. The lowest BCUT2D eigenvalue weighted by molar-refractivity contribution is 0.0530. The van der Waals surface area contributed by atoms with Gasteiger partial charge in [0.2, 0.25) is 0 Å². The Labute approximate surface area is 147 Å². The van der Waals surface area contributed by atoms with Gasteiger partial charge >= 0.3 is 5.97 Å². The summed E-state index contributed by atoms with van der Waals surface area (Å²) in [6, 6.07) is 15.6. The smallest absolute Gasteiger partial charge is 0.342 e. The summed E-state index contributed by atoms with van der Waals surface area (Å²) in [7, 11) is 0. The summed E-state index contributed by atoms with van der Waals surface area (Å²) in [5.74, 6) is 0.712. The molecule has 3 rings (SSSR count). The minimum Gasteiger partial charge on any atom is -0.489 e. The number of ether oxygens (including phenoxy) is 2. The largest absolute Gasteiger partial charge is 0.489 e. The normalized spacial score (nSPS) is 10.8. The van der Waals surface area contributed by atoms with E-state index in [1.165, 1.54) is 0 Å². The minimum atomic E-state index is -0.405. The average molecular weight is 338 g/mol. The van der Waals surface area contributed by atoms with Gasteiger partial charge in [-0.15, -0.1) is 0 Å². The van der Waals surface area contributed by atoms with Gasteiger partial charge in [0, 0.05) is 11.9 Å². The maximum absolute atomic E-state index is 12.3. The van der Waals surface area contributed by atoms with Crippen LogP contribution in [0.1, 0.15) is 29.8 Å². The molecule has 5 heteroatoms. The fraction of sp³-hybridized carbons (Fsp3) is 0.250. The number of nitrogens with two attached hydrogens (primary N) is 1. The van der Waals surface area contributed by atoms with Crippen molar-refractivity contribution in [1.82, 2.24) is 4.57 Å². The van der Waals surface area contributed by atoms with Gasteiger partial charge in [0.05, 0.1) is 12.1 Å². The van der Waals surface area contributed by atoms with E-state index in [-0.39, 0.29) is 0 Å². The van der Waals surface area contributed by atoms with Gasteiger partial charge < -0.3 is 19.8 Å². The number of anilines is 1. The molecule has 0 aliphatic heterocycles. The molecule has 2 N–H and O–H groups in total. The topological polar surface area (TPSA) is 66.5 Å². The summed E-state index contributed by atoms with van der Waals surface area (Å²) in [6.45, 7) is 5.21. The summed E-state index contributed by atoms with van der Waals surface area (Å²) < 4.78 is 13.0. The van der Waals surface area contributed by atoms with Gasteiger partial charge in [-0.3, -0.25) is 0 Å². The molecular weight excluding hydrogens is 316 g/mol. The lowest BCUT2D eigenvalue weighted by Crippen LogP contribution is -2.09. The van der Waals surface area contributed by atoms with Gasteiger partial charge in [-0.05, 0) is 37.6 Å². The summed E-state index contributed by atoms with van der Waals surface area (Å²) in [5.41, 5.74) is 8.58. The molecule has 0 fully saturated rings. The van der Waals surface area contributed by atoms with E-state index >= 15 is 0 Å². The molecule has 2 aromatic carbocycles. The third-order valence-electron chi connectivity index (χ3n) is 4.12. The number of hydrogen-bond acceptors (Lipinski definition) is 4. The van der Waals surface area contributed by atoms with Crippen LogP contribution < -0.4 is 10.5 Å². The molecule has 3 aromatic rings. The molecule has 0 bridgehead atoms. The van der Waals surface area contributed by atoms with Gasteiger partial charge in [0.25, 0.3) is 0 Å². The van der Waals surface area contributed by atoms with Crippen molar-refractivity contribution in [2.45, 2.75) is 27.0 Å². The summed E-state index contributed by atoms with van der Waals surface area (Å²) in [5, 5.41) is 0.753. The van der Waals surface area contributed by atoms with Crippen molar-refractivity contribution in [2.75, 3.05) is 12.3 Å². The molecule has 0 amide bonds. The Kier molecular flexibility index (Phi) is 4.93. The van der Waals surface area contributed by atoms with E-state index in [9.17, 15) is 4.79 Å². The zero-order valence-electron chi connectivity index (χ0n) is 14.5. The lowest BCUT2D eigenvalue weighted by Gasteiger charge is -2.07. The SMILES string of the molecule is CCOC(=O)c1c(N)n(CC)c2ccc(OCc3ccccc3)cc12. The molecule has 1 heterocycles. The third kappa shape index (κ3) is 3.31. The third-order valence-corrected chi connectivity index (χ3v) is 4.12. The number of benzene rings is 2. The molecule has 0 spiro atoms. The van der Waals surface area contributed by atoms with Gasteiger partial charge in [-0.2, -0.15) is 0 Å². The Morgan fingerprint density at radius 3 is 2.56 bits per heavy atom. The lowest BCUT2D eigenvalue weighted by atomic mass is 10.1. The van der Waals surface area contributed by atoms with E-state index in [0.29, 0.717) is 36.9 Å². The van der Waals surface area contributed by atoms with E-state index in [0.717, 1.165) is 16.5 Å². The molecule has 0 aliphatic carbocycles. The van der Waals surface area contributed by atoms with Crippen LogP contribution in [0.3, 0.4) is 0 Å². The van der Waals surface area contributed by atoms with Crippen molar-refractivity contribution in [1.29, 1.82) is 0 Å². The highest BCUT2D eigenvalue weighted by molar-refractivity contribution is 6.09. The Morgan fingerprint density at radius 1 is 1.12 bits per heavy atom. The van der Waals surface area contributed by atoms with Gasteiger partial charge in [0.15, 0.2) is 0 Å². The van der Waals surface area contributed by atoms with Crippen molar-refractivity contribution < 1.29 is 14.3 Å². The number of carbonyl (C=O) groups excluding carboxylic acids is 1. The maximum Gasteiger partial charge on any atom is 0.342 e. The Bertz CT molecular complexity index is 885. The number of aromatic nitrogens is 1. The number of carbonyl (C=O) groups is 1. The van der Waals surface area contributed by atoms with Crippen LogP contribution in [0.4, 0.5) is 5.82 Å². The number of nitrogen functional groups attached to an aromatic ring is 1.